The maximum Gasteiger partial charge on any atom is 0.219 e. The Morgan fingerprint density at radius 3 is 3.08 bits per heavy atom. The molecule has 12 heavy (non-hydrogen) atoms. The largest absolute Gasteiger partial charge is 0.337 e. The molecule has 3 heteroatoms. The van der Waals surface area contributed by atoms with Gasteiger partial charge in [0.05, 0.1) is 0 Å². The lowest BCUT2D eigenvalue weighted by molar-refractivity contribution is -0.132. The van der Waals surface area contributed by atoms with Crippen LogP contribution in [0.5, 0.6) is 0 Å². The van der Waals surface area contributed by atoms with Crippen LogP contribution in [0.2, 0.25) is 0 Å². The lowest BCUT2D eigenvalue weighted by Crippen LogP contribution is -2.56. The summed E-state index contributed by atoms with van der Waals surface area (Å²) in [5.74, 6) is 0.244. The molecule has 1 aliphatic carbocycles. The van der Waals surface area contributed by atoms with E-state index in [4.69, 9.17) is 0 Å². The standard InChI is InChI=1S/C9H16N2O/c1-7(12)11-6-5-10-8-3-2-4-9(8)11/h8-10H,2-6H2,1H3. The lowest BCUT2D eigenvalue weighted by atomic mass is 10.1. The molecule has 0 radical (unpaired) electrons. The summed E-state index contributed by atoms with van der Waals surface area (Å²) in [7, 11) is 0. The van der Waals surface area contributed by atoms with Crippen molar-refractivity contribution in [3.8, 4) is 0 Å². The van der Waals surface area contributed by atoms with Crippen molar-refractivity contribution in [1.82, 2.24) is 10.2 Å². The first-order valence-corrected chi connectivity index (χ1v) is 4.79. The van der Waals surface area contributed by atoms with Crippen LogP contribution in [0, 0.1) is 0 Å². The zero-order valence-corrected chi connectivity index (χ0v) is 7.55. The van der Waals surface area contributed by atoms with Gasteiger partial charge in [-0.1, -0.05) is 0 Å². The smallest absolute Gasteiger partial charge is 0.219 e. The topological polar surface area (TPSA) is 32.3 Å². The summed E-state index contributed by atoms with van der Waals surface area (Å²) in [5, 5.41) is 3.47. The Labute approximate surface area is 73.1 Å². The van der Waals surface area contributed by atoms with Crippen molar-refractivity contribution in [1.29, 1.82) is 0 Å². The molecule has 0 aromatic carbocycles. The highest BCUT2D eigenvalue weighted by atomic mass is 16.2. The van der Waals surface area contributed by atoms with Crippen LogP contribution in [0.1, 0.15) is 26.2 Å². The Kier molecular flexibility index (Phi) is 2.05. The summed E-state index contributed by atoms with van der Waals surface area (Å²) >= 11 is 0. The number of hydrogen-bond acceptors (Lipinski definition) is 2. The second kappa shape index (κ2) is 3.05. The fraction of sp³-hybridized carbons (Fsp3) is 0.889. The van der Waals surface area contributed by atoms with E-state index >= 15 is 0 Å². The summed E-state index contributed by atoms with van der Waals surface area (Å²) in [5.41, 5.74) is 0. The third kappa shape index (κ3) is 1.22. The van der Waals surface area contributed by atoms with Crippen molar-refractivity contribution in [2.45, 2.75) is 38.3 Å². The summed E-state index contributed by atoms with van der Waals surface area (Å²) < 4.78 is 0. The van der Waals surface area contributed by atoms with Gasteiger partial charge in [-0.05, 0) is 19.3 Å². The van der Waals surface area contributed by atoms with Gasteiger partial charge in [0.25, 0.3) is 0 Å². The highest BCUT2D eigenvalue weighted by Crippen LogP contribution is 2.26. The second-order valence-electron chi connectivity index (χ2n) is 3.77. The van der Waals surface area contributed by atoms with Crippen molar-refractivity contribution in [3.63, 3.8) is 0 Å². The van der Waals surface area contributed by atoms with Gasteiger partial charge in [0.2, 0.25) is 5.91 Å². The predicted molar refractivity (Wildman–Crippen MR) is 46.8 cm³/mol. The van der Waals surface area contributed by atoms with Crippen LogP contribution >= 0.6 is 0 Å². The van der Waals surface area contributed by atoms with E-state index in [1.807, 2.05) is 4.90 Å². The zero-order chi connectivity index (χ0) is 8.55. The van der Waals surface area contributed by atoms with E-state index in [0.717, 1.165) is 13.1 Å². The van der Waals surface area contributed by atoms with E-state index in [1.165, 1.54) is 19.3 Å². The maximum atomic E-state index is 11.2. The van der Waals surface area contributed by atoms with Crippen LogP contribution in [-0.4, -0.2) is 36.0 Å². The van der Waals surface area contributed by atoms with Crippen molar-refractivity contribution >= 4 is 5.91 Å². The van der Waals surface area contributed by atoms with Crippen molar-refractivity contribution in [2.24, 2.45) is 0 Å². The Morgan fingerprint density at radius 2 is 2.33 bits per heavy atom. The maximum absolute atomic E-state index is 11.2. The molecule has 2 fully saturated rings. The van der Waals surface area contributed by atoms with E-state index in [1.54, 1.807) is 6.92 Å². The Morgan fingerprint density at radius 1 is 1.50 bits per heavy atom. The Hall–Kier alpha value is -0.570. The molecule has 2 aliphatic rings. The number of rotatable bonds is 0. The van der Waals surface area contributed by atoms with Crippen LogP contribution < -0.4 is 5.32 Å². The number of carbonyl (C=O) groups excluding carboxylic acids is 1. The summed E-state index contributed by atoms with van der Waals surface area (Å²) in [4.78, 5) is 13.3. The molecule has 1 N–H and O–H groups in total. The lowest BCUT2D eigenvalue weighted by Gasteiger charge is -2.37. The highest BCUT2D eigenvalue weighted by molar-refractivity contribution is 5.73. The van der Waals surface area contributed by atoms with Gasteiger partial charge < -0.3 is 10.2 Å². The molecule has 0 spiro atoms. The van der Waals surface area contributed by atoms with Crippen molar-refractivity contribution in [3.05, 3.63) is 0 Å². The van der Waals surface area contributed by atoms with Gasteiger partial charge in [-0.25, -0.2) is 0 Å². The molecule has 1 amide bonds. The molecule has 1 saturated carbocycles. The minimum Gasteiger partial charge on any atom is -0.337 e. The SMILES string of the molecule is CC(=O)N1CCNC2CCCC21. The van der Waals surface area contributed by atoms with Gasteiger partial charge in [0.15, 0.2) is 0 Å². The summed E-state index contributed by atoms with van der Waals surface area (Å²) in [6.07, 6.45) is 3.71. The average Bonchev–Trinajstić information content (AvgIpc) is 2.49. The van der Waals surface area contributed by atoms with Gasteiger partial charge in [0, 0.05) is 32.1 Å². The number of carbonyl (C=O) groups is 1. The second-order valence-corrected chi connectivity index (χ2v) is 3.77. The summed E-state index contributed by atoms with van der Waals surface area (Å²) in [6.45, 7) is 3.55. The minimum absolute atomic E-state index is 0.244. The molecule has 2 atom stereocenters. The van der Waals surface area contributed by atoms with Gasteiger partial charge in [-0.15, -0.1) is 0 Å². The third-order valence-corrected chi connectivity index (χ3v) is 3.04. The van der Waals surface area contributed by atoms with E-state index in [0.29, 0.717) is 12.1 Å². The molecule has 1 aliphatic heterocycles. The molecule has 3 nitrogen and oxygen atoms in total. The number of piperazine rings is 1. The van der Waals surface area contributed by atoms with Crippen LogP contribution in [0.15, 0.2) is 0 Å². The number of fused-ring (bicyclic) bond motifs is 1. The van der Waals surface area contributed by atoms with Gasteiger partial charge in [0.1, 0.15) is 0 Å². The van der Waals surface area contributed by atoms with E-state index in [2.05, 4.69) is 5.32 Å². The zero-order valence-electron chi connectivity index (χ0n) is 7.55. The molecule has 1 heterocycles. The van der Waals surface area contributed by atoms with Crippen LogP contribution in [0.4, 0.5) is 0 Å². The molecular weight excluding hydrogens is 152 g/mol. The van der Waals surface area contributed by atoms with Crippen molar-refractivity contribution in [2.75, 3.05) is 13.1 Å². The van der Waals surface area contributed by atoms with Gasteiger partial charge in [-0.2, -0.15) is 0 Å². The molecule has 2 rings (SSSR count). The van der Waals surface area contributed by atoms with E-state index < -0.39 is 0 Å². The molecule has 68 valence electrons. The number of nitrogens with zero attached hydrogens (tertiary/aromatic N) is 1. The fourth-order valence-electron chi connectivity index (χ4n) is 2.48. The van der Waals surface area contributed by atoms with Gasteiger partial charge in [-0.3, -0.25) is 4.79 Å². The molecule has 1 saturated heterocycles. The molecule has 0 bridgehead atoms. The van der Waals surface area contributed by atoms with Gasteiger partial charge >= 0.3 is 0 Å². The Bertz CT molecular complexity index is 193. The van der Waals surface area contributed by atoms with Crippen LogP contribution in [0.3, 0.4) is 0 Å². The monoisotopic (exact) mass is 168 g/mol. The van der Waals surface area contributed by atoms with Crippen LogP contribution in [0.25, 0.3) is 0 Å². The van der Waals surface area contributed by atoms with E-state index in [-0.39, 0.29) is 5.91 Å². The number of nitrogens with one attached hydrogen (secondary N) is 1. The average molecular weight is 168 g/mol. The predicted octanol–water partition coefficient (Wildman–Crippen LogP) is 0.359. The first-order valence-electron chi connectivity index (χ1n) is 4.79. The summed E-state index contributed by atoms with van der Waals surface area (Å²) in [6, 6.07) is 1.08. The normalized spacial score (nSPS) is 34.9. The molecule has 2 unspecified atom stereocenters. The fourth-order valence-corrected chi connectivity index (χ4v) is 2.48. The quantitative estimate of drug-likeness (QED) is 0.566. The minimum atomic E-state index is 0.244. The first kappa shape index (κ1) is 8.05. The third-order valence-electron chi connectivity index (χ3n) is 3.04. The van der Waals surface area contributed by atoms with Crippen LogP contribution in [-0.2, 0) is 4.79 Å². The number of amides is 1. The highest BCUT2D eigenvalue weighted by Gasteiger charge is 2.35. The number of hydrogen-bond donors (Lipinski definition) is 1. The Balaban J connectivity index is 2.08. The molecule has 0 aromatic heterocycles. The van der Waals surface area contributed by atoms with E-state index in [9.17, 15) is 4.79 Å². The first-order chi connectivity index (χ1) is 5.79. The molecule has 0 aromatic rings. The molecular formula is C9H16N2O. The van der Waals surface area contributed by atoms with Crippen molar-refractivity contribution < 1.29 is 4.79 Å².